The van der Waals surface area contributed by atoms with Crippen LogP contribution in [0.15, 0.2) is 18.2 Å². The molecular formula is C12H16F2O. The van der Waals surface area contributed by atoms with Gasteiger partial charge in [-0.2, -0.15) is 0 Å². The molecule has 0 aliphatic carbocycles. The summed E-state index contributed by atoms with van der Waals surface area (Å²) in [6, 6.07) is 4.29. The third-order valence-corrected chi connectivity index (χ3v) is 2.04. The maximum atomic E-state index is 13.2. The van der Waals surface area contributed by atoms with Gasteiger partial charge in [-0.3, -0.25) is 0 Å². The number of benzene rings is 1. The molecular weight excluding hydrogens is 198 g/mol. The van der Waals surface area contributed by atoms with Crippen LogP contribution in [0, 0.1) is 5.82 Å². The molecule has 0 aliphatic heterocycles. The van der Waals surface area contributed by atoms with E-state index in [4.69, 9.17) is 4.74 Å². The Labute approximate surface area is 89.1 Å². The molecule has 1 aromatic carbocycles. The number of halogens is 2. The Morgan fingerprint density at radius 3 is 2.27 bits per heavy atom. The summed E-state index contributed by atoms with van der Waals surface area (Å²) in [6.07, 6.45) is -1.43. The monoisotopic (exact) mass is 214 g/mol. The van der Waals surface area contributed by atoms with Crippen LogP contribution in [-0.4, -0.2) is 6.36 Å². The van der Waals surface area contributed by atoms with Crippen molar-refractivity contribution in [2.75, 3.05) is 0 Å². The molecule has 1 atom stereocenters. The number of hydrogen-bond acceptors (Lipinski definition) is 1. The van der Waals surface area contributed by atoms with Crippen molar-refractivity contribution in [3.05, 3.63) is 29.6 Å². The number of ether oxygens (including phenoxy) is 1. The summed E-state index contributed by atoms with van der Waals surface area (Å²) < 4.78 is 30.6. The van der Waals surface area contributed by atoms with Gasteiger partial charge in [-0.05, 0) is 23.1 Å². The van der Waals surface area contributed by atoms with Crippen LogP contribution in [0.1, 0.15) is 33.3 Å². The van der Waals surface area contributed by atoms with Crippen LogP contribution in [0.5, 0.6) is 5.75 Å². The first-order valence-corrected chi connectivity index (χ1v) is 4.91. The van der Waals surface area contributed by atoms with E-state index in [0.29, 0.717) is 0 Å². The van der Waals surface area contributed by atoms with Gasteiger partial charge in [0.25, 0.3) is 0 Å². The third kappa shape index (κ3) is 3.50. The van der Waals surface area contributed by atoms with Gasteiger partial charge >= 0.3 is 0 Å². The summed E-state index contributed by atoms with van der Waals surface area (Å²) in [5.74, 6) is -0.173. The lowest BCUT2D eigenvalue weighted by atomic mass is 9.87. The number of alkyl halides is 1. The van der Waals surface area contributed by atoms with Crippen LogP contribution in [0.4, 0.5) is 8.78 Å². The van der Waals surface area contributed by atoms with Crippen LogP contribution >= 0.6 is 0 Å². The summed E-state index contributed by atoms with van der Waals surface area (Å²) in [5.41, 5.74) is 0.609. The normalized spacial score (nSPS) is 13.7. The van der Waals surface area contributed by atoms with Crippen LogP contribution in [0.25, 0.3) is 0 Å². The van der Waals surface area contributed by atoms with Gasteiger partial charge < -0.3 is 4.74 Å². The van der Waals surface area contributed by atoms with Crippen molar-refractivity contribution in [1.82, 2.24) is 0 Å². The molecule has 1 unspecified atom stereocenters. The lowest BCUT2D eigenvalue weighted by molar-refractivity contribution is 0.0855. The average molecular weight is 214 g/mol. The van der Waals surface area contributed by atoms with Crippen molar-refractivity contribution in [1.29, 1.82) is 0 Å². The Morgan fingerprint density at radius 1 is 1.20 bits per heavy atom. The minimum Gasteiger partial charge on any atom is -0.461 e. The molecule has 1 rings (SSSR count). The van der Waals surface area contributed by atoms with Crippen LogP contribution in [-0.2, 0) is 5.41 Å². The fraction of sp³-hybridized carbons (Fsp3) is 0.500. The van der Waals surface area contributed by atoms with E-state index in [-0.39, 0.29) is 11.2 Å². The number of rotatable bonds is 2. The molecule has 0 heterocycles. The largest absolute Gasteiger partial charge is 0.461 e. The fourth-order valence-corrected chi connectivity index (χ4v) is 1.25. The quantitative estimate of drug-likeness (QED) is 0.727. The highest BCUT2D eigenvalue weighted by molar-refractivity contribution is 5.33. The molecule has 0 amide bonds. The summed E-state index contributed by atoms with van der Waals surface area (Å²) in [4.78, 5) is 0. The standard InChI is InChI=1S/C12H16F2O/c1-8(13)15-11-6-9(12(2,3)4)5-10(14)7-11/h5-8H,1-4H3. The first kappa shape index (κ1) is 12.0. The van der Waals surface area contributed by atoms with Gasteiger partial charge in [0, 0.05) is 13.0 Å². The topological polar surface area (TPSA) is 9.23 Å². The van der Waals surface area contributed by atoms with Crippen molar-refractivity contribution in [2.45, 2.75) is 39.5 Å². The predicted molar refractivity (Wildman–Crippen MR) is 56.3 cm³/mol. The Balaban J connectivity index is 3.06. The molecule has 84 valence electrons. The maximum Gasteiger partial charge on any atom is 0.235 e. The highest BCUT2D eigenvalue weighted by Gasteiger charge is 2.16. The van der Waals surface area contributed by atoms with Gasteiger partial charge in [-0.25, -0.2) is 8.78 Å². The summed E-state index contributed by atoms with van der Waals surface area (Å²) in [5, 5.41) is 0. The van der Waals surface area contributed by atoms with E-state index in [0.717, 1.165) is 5.56 Å². The molecule has 0 spiro atoms. The highest BCUT2D eigenvalue weighted by Crippen LogP contribution is 2.27. The van der Waals surface area contributed by atoms with Gasteiger partial charge in [0.1, 0.15) is 11.6 Å². The first-order chi connectivity index (χ1) is 6.79. The van der Waals surface area contributed by atoms with Crippen LogP contribution in [0.2, 0.25) is 0 Å². The molecule has 1 nitrogen and oxygen atoms in total. The molecule has 0 saturated heterocycles. The first-order valence-electron chi connectivity index (χ1n) is 4.91. The zero-order valence-electron chi connectivity index (χ0n) is 9.47. The van der Waals surface area contributed by atoms with Crippen molar-refractivity contribution in [2.24, 2.45) is 0 Å². The average Bonchev–Trinajstić information content (AvgIpc) is 1.99. The van der Waals surface area contributed by atoms with Gasteiger partial charge in [0.2, 0.25) is 6.36 Å². The SMILES string of the molecule is CC(F)Oc1cc(F)cc(C(C)(C)C)c1. The van der Waals surface area contributed by atoms with E-state index in [2.05, 4.69) is 0 Å². The Bertz CT molecular complexity index is 340. The molecule has 1 aromatic rings. The molecule has 0 aliphatic rings. The second-order valence-corrected chi connectivity index (χ2v) is 4.59. The summed E-state index contributed by atoms with van der Waals surface area (Å²) in [6.45, 7) is 7.15. The van der Waals surface area contributed by atoms with Gasteiger partial charge in [-0.1, -0.05) is 20.8 Å². The third-order valence-electron chi connectivity index (χ3n) is 2.04. The van der Waals surface area contributed by atoms with Gasteiger partial charge in [-0.15, -0.1) is 0 Å². The lowest BCUT2D eigenvalue weighted by Gasteiger charge is -2.20. The Morgan fingerprint density at radius 2 is 1.80 bits per heavy atom. The Kier molecular flexibility index (Phi) is 3.32. The molecule has 0 bridgehead atoms. The molecule has 15 heavy (non-hydrogen) atoms. The van der Waals surface area contributed by atoms with E-state index in [9.17, 15) is 8.78 Å². The maximum absolute atomic E-state index is 13.2. The highest BCUT2D eigenvalue weighted by atomic mass is 19.1. The van der Waals surface area contributed by atoms with Gasteiger partial charge in [0.15, 0.2) is 0 Å². The van der Waals surface area contributed by atoms with E-state index in [1.54, 1.807) is 6.07 Å². The molecule has 0 fully saturated rings. The number of hydrogen-bond donors (Lipinski definition) is 0. The molecule has 0 N–H and O–H groups in total. The minimum atomic E-state index is -1.43. The molecule has 0 radical (unpaired) electrons. The second kappa shape index (κ2) is 4.17. The van der Waals surface area contributed by atoms with Gasteiger partial charge in [0.05, 0.1) is 0 Å². The van der Waals surface area contributed by atoms with E-state index in [1.807, 2.05) is 20.8 Å². The van der Waals surface area contributed by atoms with Crippen LogP contribution < -0.4 is 4.74 Å². The van der Waals surface area contributed by atoms with Crippen molar-refractivity contribution >= 4 is 0 Å². The lowest BCUT2D eigenvalue weighted by Crippen LogP contribution is -2.12. The zero-order valence-corrected chi connectivity index (χ0v) is 9.47. The minimum absolute atomic E-state index is 0.181. The fourth-order valence-electron chi connectivity index (χ4n) is 1.25. The summed E-state index contributed by atoms with van der Waals surface area (Å²) >= 11 is 0. The zero-order chi connectivity index (χ0) is 11.6. The molecule has 0 aromatic heterocycles. The second-order valence-electron chi connectivity index (χ2n) is 4.59. The predicted octanol–water partition coefficient (Wildman–Crippen LogP) is 3.82. The molecule has 3 heteroatoms. The smallest absolute Gasteiger partial charge is 0.235 e. The van der Waals surface area contributed by atoms with E-state index >= 15 is 0 Å². The van der Waals surface area contributed by atoms with E-state index < -0.39 is 12.2 Å². The van der Waals surface area contributed by atoms with Crippen molar-refractivity contribution in [3.63, 3.8) is 0 Å². The van der Waals surface area contributed by atoms with Crippen LogP contribution in [0.3, 0.4) is 0 Å². The summed E-state index contributed by atoms with van der Waals surface area (Å²) in [7, 11) is 0. The van der Waals surface area contributed by atoms with E-state index in [1.165, 1.54) is 19.1 Å². The molecule has 0 saturated carbocycles. The Hall–Kier alpha value is -1.12. The van der Waals surface area contributed by atoms with Crippen molar-refractivity contribution < 1.29 is 13.5 Å². The van der Waals surface area contributed by atoms with Crippen molar-refractivity contribution in [3.8, 4) is 5.75 Å².